The Kier molecular flexibility index (Phi) is 6.30. The zero-order valence-electron chi connectivity index (χ0n) is 17.8. The Balaban J connectivity index is 1.38. The zero-order chi connectivity index (χ0) is 22.5. The number of nitrogens with one attached hydrogen (secondary N) is 2. The van der Waals surface area contributed by atoms with Crippen LogP contribution in [0.15, 0.2) is 67.0 Å². The molecule has 0 radical (unpaired) electrons. The summed E-state index contributed by atoms with van der Waals surface area (Å²) in [5.41, 5.74) is 2.73. The van der Waals surface area contributed by atoms with E-state index in [0.29, 0.717) is 30.0 Å². The van der Waals surface area contributed by atoms with Crippen molar-refractivity contribution in [2.75, 3.05) is 18.4 Å². The lowest BCUT2D eigenvalue weighted by Crippen LogP contribution is -2.38. The number of amides is 3. The van der Waals surface area contributed by atoms with E-state index in [1.54, 1.807) is 40.2 Å². The molecule has 32 heavy (non-hydrogen) atoms. The van der Waals surface area contributed by atoms with Gasteiger partial charge < -0.3 is 15.5 Å². The van der Waals surface area contributed by atoms with Crippen LogP contribution in [0, 0.1) is 0 Å². The molecule has 2 aromatic carbocycles. The van der Waals surface area contributed by atoms with E-state index >= 15 is 0 Å². The van der Waals surface area contributed by atoms with Crippen LogP contribution < -0.4 is 10.6 Å². The van der Waals surface area contributed by atoms with Gasteiger partial charge in [-0.3, -0.25) is 14.4 Å². The van der Waals surface area contributed by atoms with Gasteiger partial charge >= 0.3 is 0 Å². The summed E-state index contributed by atoms with van der Waals surface area (Å²) in [7, 11) is 0. The fourth-order valence-electron chi connectivity index (χ4n) is 3.74. The molecule has 1 aromatic heterocycles. The molecule has 0 saturated carbocycles. The number of anilines is 1. The normalized spacial score (nSPS) is 15.4. The van der Waals surface area contributed by atoms with Crippen molar-refractivity contribution in [2.45, 2.75) is 25.8 Å². The van der Waals surface area contributed by atoms with E-state index in [-0.39, 0.29) is 30.2 Å². The van der Waals surface area contributed by atoms with Gasteiger partial charge in [-0.2, -0.15) is 5.10 Å². The van der Waals surface area contributed by atoms with Crippen molar-refractivity contribution >= 4 is 23.4 Å². The van der Waals surface area contributed by atoms with Crippen molar-refractivity contribution in [1.82, 2.24) is 20.0 Å². The highest BCUT2D eigenvalue weighted by Crippen LogP contribution is 2.15. The van der Waals surface area contributed by atoms with Crippen molar-refractivity contribution in [2.24, 2.45) is 0 Å². The standard InChI is InChI=1S/C24H25N5O3/c1-17(30)28-11-10-20(15-28)27-24(32)19-8-5-9-22(13-19)29-16-21(14-25-29)26-23(31)12-18-6-3-2-4-7-18/h2-9,13-14,16,20H,10-12,15H2,1H3,(H,26,31)(H,27,32)/t20-/m1/s1. The molecule has 3 aromatic rings. The molecule has 1 fully saturated rings. The third-order valence-electron chi connectivity index (χ3n) is 5.42. The van der Waals surface area contributed by atoms with Gasteiger partial charge in [-0.05, 0) is 30.2 Å². The highest BCUT2D eigenvalue weighted by Gasteiger charge is 2.25. The fourth-order valence-corrected chi connectivity index (χ4v) is 3.74. The number of carbonyl (C=O) groups is 3. The van der Waals surface area contributed by atoms with Gasteiger partial charge in [-0.1, -0.05) is 36.4 Å². The van der Waals surface area contributed by atoms with Gasteiger partial charge in [0.2, 0.25) is 11.8 Å². The quantitative estimate of drug-likeness (QED) is 0.626. The van der Waals surface area contributed by atoms with Crippen LogP contribution in [0.3, 0.4) is 0 Å². The Labute approximate surface area is 186 Å². The molecular weight excluding hydrogens is 406 g/mol. The molecule has 0 unspecified atom stereocenters. The number of nitrogens with zero attached hydrogens (tertiary/aromatic N) is 3. The van der Waals surface area contributed by atoms with Crippen molar-refractivity contribution in [3.63, 3.8) is 0 Å². The number of carbonyl (C=O) groups excluding carboxylic acids is 3. The van der Waals surface area contributed by atoms with Crippen LogP contribution in [0.2, 0.25) is 0 Å². The molecule has 0 aliphatic carbocycles. The van der Waals surface area contributed by atoms with Gasteiger partial charge in [0.1, 0.15) is 0 Å². The summed E-state index contributed by atoms with van der Waals surface area (Å²) in [6.07, 6.45) is 4.31. The van der Waals surface area contributed by atoms with E-state index in [0.717, 1.165) is 12.0 Å². The minimum Gasteiger partial charge on any atom is -0.347 e. The number of likely N-dealkylation sites (tertiary alicyclic amines) is 1. The van der Waals surface area contributed by atoms with Crippen molar-refractivity contribution < 1.29 is 14.4 Å². The predicted molar refractivity (Wildman–Crippen MR) is 120 cm³/mol. The lowest BCUT2D eigenvalue weighted by Gasteiger charge is -2.15. The maximum Gasteiger partial charge on any atom is 0.251 e. The van der Waals surface area contributed by atoms with Gasteiger partial charge in [-0.25, -0.2) is 4.68 Å². The highest BCUT2D eigenvalue weighted by molar-refractivity contribution is 5.95. The summed E-state index contributed by atoms with van der Waals surface area (Å²) in [6, 6.07) is 16.6. The second-order valence-electron chi connectivity index (χ2n) is 7.86. The molecule has 0 spiro atoms. The molecule has 4 rings (SSSR count). The average Bonchev–Trinajstić information content (AvgIpc) is 3.44. The van der Waals surface area contributed by atoms with E-state index in [1.165, 1.54) is 6.92 Å². The zero-order valence-corrected chi connectivity index (χ0v) is 17.8. The molecule has 1 saturated heterocycles. The SMILES string of the molecule is CC(=O)N1CC[C@@H](NC(=O)c2cccc(-n3cc(NC(=O)Cc4ccccc4)cn3)c2)C1. The summed E-state index contributed by atoms with van der Waals surface area (Å²) in [4.78, 5) is 38.2. The summed E-state index contributed by atoms with van der Waals surface area (Å²) in [5.74, 6) is -0.292. The molecule has 1 atom stereocenters. The summed E-state index contributed by atoms with van der Waals surface area (Å²) >= 11 is 0. The average molecular weight is 431 g/mol. The molecule has 8 nitrogen and oxygen atoms in total. The third kappa shape index (κ3) is 5.21. The van der Waals surface area contributed by atoms with E-state index in [9.17, 15) is 14.4 Å². The van der Waals surface area contributed by atoms with Crippen LogP contribution in [0.1, 0.15) is 29.3 Å². The Morgan fingerprint density at radius 3 is 2.66 bits per heavy atom. The second kappa shape index (κ2) is 9.47. The van der Waals surface area contributed by atoms with Gasteiger partial charge in [0.25, 0.3) is 5.91 Å². The molecule has 164 valence electrons. The Morgan fingerprint density at radius 1 is 1.09 bits per heavy atom. The molecule has 1 aliphatic rings. The Bertz CT molecular complexity index is 1130. The van der Waals surface area contributed by atoms with Crippen molar-refractivity contribution in [3.05, 3.63) is 78.1 Å². The largest absolute Gasteiger partial charge is 0.347 e. The minimum atomic E-state index is -0.189. The van der Waals surface area contributed by atoms with Crippen LogP contribution in [0.4, 0.5) is 5.69 Å². The third-order valence-corrected chi connectivity index (χ3v) is 5.42. The number of rotatable bonds is 6. The van der Waals surface area contributed by atoms with E-state index < -0.39 is 0 Å². The molecule has 8 heteroatoms. The lowest BCUT2D eigenvalue weighted by atomic mass is 10.1. The predicted octanol–water partition coefficient (Wildman–Crippen LogP) is 2.40. The molecule has 2 N–H and O–H groups in total. The van der Waals surface area contributed by atoms with Crippen molar-refractivity contribution in [3.8, 4) is 5.69 Å². The van der Waals surface area contributed by atoms with E-state index in [4.69, 9.17) is 0 Å². The van der Waals surface area contributed by atoms with Gasteiger partial charge in [0, 0.05) is 31.6 Å². The first kappa shape index (κ1) is 21.3. The maximum atomic E-state index is 12.7. The van der Waals surface area contributed by atoms with Gasteiger partial charge in [0.05, 0.1) is 30.2 Å². The fraction of sp³-hybridized carbons (Fsp3) is 0.250. The summed E-state index contributed by atoms with van der Waals surface area (Å²) in [6.45, 7) is 2.73. The Hall–Kier alpha value is -3.94. The molecule has 1 aliphatic heterocycles. The Morgan fingerprint density at radius 2 is 1.91 bits per heavy atom. The van der Waals surface area contributed by atoms with Crippen LogP contribution in [0.5, 0.6) is 0 Å². The first-order chi connectivity index (χ1) is 15.5. The van der Waals surface area contributed by atoms with Crippen molar-refractivity contribution in [1.29, 1.82) is 0 Å². The number of aromatic nitrogens is 2. The number of hydrogen-bond acceptors (Lipinski definition) is 4. The number of benzene rings is 2. The minimum absolute atomic E-state index is 0.0223. The van der Waals surface area contributed by atoms with E-state index in [1.807, 2.05) is 36.4 Å². The molecule has 0 bridgehead atoms. The van der Waals surface area contributed by atoms with Gasteiger partial charge in [-0.15, -0.1) is 0 Å². The van der Waals surface area contributed by atoms with Gasteiger partial charge in [0.15, 0.2) is 0 Å². The molecule has 3 amide bonds. The lowest BCUT2D eigenvalue weighted by molar-refractivity contribution is -0.127. The summed E-state index contributed by atoms with van der Waals surface area (Å²) in [5, 5.41) is 10.1. The molecule has 2 heterocycles. The van der Waals surface area contributed by atoms with Crippen LogP contribution in [-0.2, 0) is 16.0 Å². The van der Waals surface area contributed by atoms with Crippen LogP contribution >= 0.6 is 0 Å². The van der Waals surface area contributed by atoms with Crippen LogP contribution in [-0.4, -0.2) is 51.5 Å². The summed E-state index contributed by atoms with van der Waals surface area (Å²) < 4.78 is 1.61. The maximum absolute atomic E-state index is 12.7. The topological polar surface area (TPSA) is 96.3 Å². The first-order valence-corrected chi connectivity index (χ1v) is 10.5. The number of hydrogen-bond donors (Lipinski definition) is 2. The molecular formula is C24H25N5O3. The smallest absolute Gasteiger partial charge is 0.251 e. The van der Waals surface area contributed by atoms with E-state index in [2.05, 4.69) is 15.7 Å². The monoisotopic (exact) mass is 431 g/mol. The van der Waals surface area contributed by atoms with Crippen LogP contribution in [0.25, 0.3) is 5.69 Å². The first-order valence-electron chi connectivity index (χ1n) is 10.5. The second-order valence-corrected chi connectivity index (χ2v) is 7.86. The highest BCUT2D eigenvalue weighted by atomic mass is 16.2.